The second-order valence-electron chi connectivity index (χ2n) is 15.1. The van der Waals surface area contributed by atoms with Crippen LogP contribution in [0.2, 0.25) is 0 Å². The quantitative estimate of drug-likeness (QED) is 0.207. The number of para-hydroxylation sites is 1. The minimum atomic E-state index is 0.0471. The minimum Gasteiger partial charge on any atom is -0.494 e. The fraction of sp³-hybridized carbons (Fsp3) is 0.436. The number of methoxy groups -OCH3 is 1. The maximum Gasteiger partial charge on any atom is 0.254 e. The molecule has 5 fully saturated rings. The molecule has 3 saturated carbocycles. The van der Waals surface area contributed by atoms with Crippen molar-refractivity contribution < 1.29 is 14.3 Å². The summed E-state index contributed by atoms with van der Waals surface area (Å²) in [4.78, 5) is 41.0. The highest BCUT2D eigenvalue weighted by atomic mass is 16.5. The first-order valence-electron chi connectivity index (χ1n) is 17.6. The van der Waals surface area contributed by atoms with E-state index in [0.717, 1.165) is 59.6 Å². The van der Waals surface area contributed by atoms with Gasteiger partial charge >= 0.3 is 0 Å². The van der Waals surface area contributed by atoms with Crippen LogP contribution in [0.15, 0.2) is 60.8 Å². The molecule has 10 rings (SSSR count). The molecule has 4 atom stereocenters. The highest BCUT2D eigenvalue weighted by Gasteiger charge is 2.61. The first kappa shape index (κ1) is 28.4. The molecule has 2 aromatic carbocycles. The van der Waals surface area contributed by atoms with Crippen LogP contribution in [-0.4, -0.2) is 73.5 Å². The number of nitrogens with zero attached hydrogens (tertiary/aromatic N) is 6. The lowest BCUT2D eigenvalue weighted by molar-refractivity contribution is -0.0204. The summed E-state index contributed by atoms with van der Waals surface area (Å²) in [5.41, 5.74) is 6.18. The Labute approximate surface area is 279 Å². The van der Waals surface area contributed by atoms with Crippen LogP contribution in [0.4, 0.5) is 0 Å². The Hall–Kier alpha value is -4.66. The van der Waals surface area contributed by atoms with Crippen molar-refractivity contribution in [3.63, 3.8) is 0 Å². The number of carbonyl (C=O) groups is 2. The molecule has 0 N–H and O–H groups in total. The van der Waals surface area contributed by atoms with Crippen molar-refractivity contribution in [2.45, 2.75) is 51.7 Å². The molecule has 5 heterocycles. The Kier molecular flexibility index (Phi) is 6.16. The SMILES string of the molecule is COc1cc(C(=O)N2CC3CC4CC2[C@H]43)cc2nc(-c3cc4ccccc4n3CC3CC3)n(CC3CN(C(=O)c4ccnc(C)c4)C3)c12. The zero-order valence-electron chi connectivity index (χ0n) is 27.5. The first-order chi connectivity index (χ1) is 23.4. The van der Waals surface area contributed by atoms with Crippen LogP contribution in [0.3, 0.4) is 0 Å². The monoisotopic (exact) mass is 640 g/mol. The average molecular weight is 641 g/mol. The first-order valence-corrected chi connectivity index (χ1v) is 17.6. The van der Waals surface area contributed by atoms with Gasteiger partial charge in [0.15, 0.2) is 5.82 Å². The second kappa shape index (κ2) is 10.4. The summed E-state index contributed by atoms with van der Waals surface area (Å²) in [6.45, 7) is 5.78. The van der Waals surface area contributed by atoms with Crippen molar-refractivity contribution in [3.8, 4) is 17.3 Å². The molecule has 2 amide bonds. The molecule has 2 saturated heterocycles. The van der Waals surface area contributed by atoms with Crippen molar-refractivity contribution >= 4 is 33.8 Å². The molecule has 0 radical (unpaired) electrons. The van der Waals surface area contributed by atoms with Gasteiger partial charge in [0.25, 0.3) is 11.8 Å². The van der Waals surface area contributed by atoms with Crippen molar-refractivity contribution in [3.05, 3.63) is 77.6 Å². The van der Waals surface area contributed by atoms with Gasteiger partial charge in [-0.3, -0.25) is 14.6 Å². The zero-order valence-corrected chi connectivity index (χ0v) is 27.5. The van der Waals surface area contributed by atoms with Gasteiger partial charge in [-0.05, 0) is 92.7 Å². The van der Waals surface area contributed by atoms with E-state index in [2.05, 4.69) is 49.3 Å². The number of aryl methyl sites for hydroxylation is 1. The number of pyridine rings is 1. The van der Waals surface area contributed by atoms with E-state index in [4.69, 9.17) is 9.72 Å². The molecule has 9 heteroatoms. The molecule has 3 aromatic heterocycles. The Balaban J connectivity index is 1.05. The van der Waals surface area contributed by atoms with E-state index in [1.165, 1.54) is 30.2 Å². The molecular weight excluding hydrogens is 600 g/mol. The Morgan fingerprint density at radius 3 is 2.48 bits per heavy atom. The van der Waals surface area contributed by atoms with Crippen molar-refractivity contribution in [2.75, 3.05) is 26.7 Å². The van der Waals surface area contributed by atoms with E-state index in [1.807, 2.05) is 30.0 Å². The van der Waals surface area contributed by atoms with Crippen LogP contribution in [0.1, 0.15) is 52.1 Å². The summed E-state index contributed by atoms with van der Waals surface area (Å²) < 4.78 is 10.8. The molecule has 5 aliphatic rings. The molecule has 9 nitrogen and oxygen atoms in total. The van der Waals surface area contributed by atoms with E-state index in [1.54, 1.807) is 19.4 Å². The zero-order chi connectivity index (χ0) is 32.3. The number of amides is 2. The normalized spacial score (nSPS) is 24.4. The Bertz CT molecular complexity index is 2140. The molecular formula is C39H40N6O3. The number of rotatable bonds is 8. The number of fused-ring (bicyclic) bond motifs is 2. The third-order valence-electron chi connectivity index (χ3n) is 12.1. The summed E-state index contributed by atoms with van der Waals surface area (Å²) in [6, 6.07) is 18.8. The lowest BCUT2D eigenvalue weighted by Crippen LogP contribution is -2.53. The van der Waals surface area contributed by atoms with Gasteiger partial charge in [0.05, 0.1) is 18.3 Å². The van der Waals surface area contributed by atoms with Gasteiger partial charge in [0.2, 0.25) is 0 Å². The number of carbonyl (C=O) groups excluding carboxylic acids is 2. The number of likely N-dealkylation sites (tertiary alicyclic amines) is 2. The lowest BCUT2D eigenvalue weighted by Gasteiger charge is -2.52. The standard InChI is InChI=1S/C39H40N6O3/c1-22-11-26(9-10-40-22)38(46)42-17-24(18-42)20-45-36-30(41-37(45)33-14-25-5-3-4-6-31(25)43(33)19-23-7-8-23)13-28(16-34(36)48-2)39(47)44-21-29-12-27-15-32(44)35(27)29/h3-6,9-11,13-14,16,23-24,27,29,32,35H,7-8,12,15,17-21H2,1-2H3/t27?,29?,32?,35-/m1/s1. The molecule has 48 heavy (non-hydrogen) atoms. The number of aromatic nitrogens is 4. The van der Waals surface area contributed by atoms with Gasteiger partial charge in [-0.15, -0.1) is 0 Å². The van der Waals surface area contributed by atoms with Gasteiger partial charge in [-0.25, -0.2) is 4.98 Å². The summed E-state index contributed by atoms with van der Waals surface area (Å²) in [6.07, 6.45) is 6.64. The van der Waals surface area contributed by atoms with E-state index in [9.17, 15) is 9.59 Å². The molecule has 244 valence electrons. The number of benzene rings is 2. The van der Waals surface area contributed by atoms with Crippen LogP contribution >= 0.6 is 0 Å². The van der Waals surface area contributed by atoms with Crippen LogP contribution < -0.4 is 4.74 Å². The molecule has 5 aromatic rings. The van der Waals surface area contributed by atoms with Crippen LogP contribution in [0.25, 0.3) is 33.5 Å². The predicted molar refractivity (Wildman–Crippen MR) is 183 cm³/mol. The van der Waals surface area contributed by atoms with Gasteiger partial charge in [0.1, 0.15) is 11.3 Å². The maximum atomic E-state index is 14.0. The summed E-state index contributed by atoms with van der Waals surface area (Å²) >= 11 is 0. The number of imidazole rings is 1. The Morgan fingerprint density at radius 1 is 0.875 bits per heavy atom. The van der Waals surface area contributed by atoms with Gasteiger partial charge in [-0.2, -0.15) is 0 Å². The summed E-state index contributed by atoms with van der Waals surface area (Å²) in [5, 5.41) is 1.20. The molecule has 3 unspecified atom stereocenters. The maximum absolute atomic E-state index is 14.0. The smallest absolute Gasteiger partial charge is 0.254 e. The molecule has 3 aliphatic carbocycles. The van der Waals surface area contributed by atoms with Gasteiger partial charge < -0.3 is 23.7 Å². The van der Waals surface area contributed by atoms with E-state index < -0.39 is 0 Å². The van der Waals surface area contributed by atoms with Crippen molar-refractivity contribution in [2.24, 2.45) is 29.6 Å². The van der Waals surface area contributed by atoms with Crippen LogP contribution in [0.5, 0.6) is 5.75 Å². The summed E-state index contributed by atoms with van der Waals surface area (Å²) in [7, 11) is 1.69. The lowest BCUT2D eigenvalue weighted by atomic mass is 9.53. The highest BCUT2D eigenvalue weighted by Crippen LogP contribution is 2.60. The van der Waals surface area contributed by atoms with Crippen LogP contribution in [-0.2, 0) is 13.1 Å². The molecule has 0 bridgehead atoms. The number of hydrogen-bond acceptors (Lipinski definition) is 5. The van der Waals surface area contributed by atoms with Crippen molar-refractivity contribution in [1.82, 2.24) is 28.9 Å². The van der Waals surface area contributed by atoms with E-state index in [0.29, 0.717) is 54.4 Å². The average Bonchev–Trinajstić information content (AvgIpc) is 3.71. The number of ether oxygens (including phenoxy) is 1. The second-order valence-corrected chi connectivity index (χ2v) is 15.1. The van der Waals surface area contributed by atoms with E-state index in [-0.39, 0.29) is 17.7 Å². The van der Waals surface area contributed by atoms with E-state index >= 15 is 0 Å². The predicted octanol–water partition coefficient (Wildman–Crippen LogP) is 6.03. The minimum absolute atomic E-state index is 0.0471. The molecule has 2 aliphatic heterocycles. The number of hydrogen-bond donors (Lipinski definition) is 0. The van der Waals surface area contributed by atoms with Crippen molar-refractivity contribution in [1.29, 1.82) is 0 Å². The Morgan fingerprint density at radius 2 is 1.71 bits per heavy atom. The summed E-state index contributed by atoms with van der Waals surface area (Å²) in [5.74, 6) is 4.88. The highest BCUT2D eigenvalue weighted by molar-refractivity contribution is 6.01. The fourth-order valence-electron chi connectivity index (χ4n) is 9.37. The van der Waals surface area contributed by atoms with Gasteiger partial charge in [0, 0.05) is 78.6 Å². The fourth-order valence-corrected chi connectivity index (χ4v) is 9.37. The third-order valence-corrected chi connectivity index (χ3v) is 12.1. The molecule has 0 spiro atoms. The van der Waals surface area contributed by atoms with Crippen LogP contribution in [0, 0.1) is 36.5 Å². The largest absolute Gasteiger partial charge is 0.494 e. The third kappa shape index (κ3) is 4.28. The van der Waals surface area contributed by atoms with Gasteiger partial charge in [-0.1, -0.05) is 18.2 Å². The topological polar surface area (TPSA) is 85.5 Å².